The van der Waals surface area contributed by atoms with Crippen LogP contribution in [0.2, 0.25) is 0 Å². The van der Waals surface area contributed by atoms with Crippen molar-refractivity contribution in [2.75, 3.05) is 26.3 Å². The first-order valence-electron chi connectivity index (χ1n) is 8.31. The first-order chi connectivity index (χ1) is 12.1. The number of rotatable bonds is 3. The molecule has 0 radical (unpaired) electrons. The number of carboxylic acid groups (broad SMARTS) is 1. The fourth-order valence-corrected chi connectivity index (χ4v) is 3.89. The molecule has 2 saturated heterocycles. The highest BCUT2D eigenvalue weighted by molar-refractivity contribution is 5.98. The number of para-hydroxylation sites is 1. The molecule has 0 aliphatic carbocycles. The first kappa shape index (κ1) is 15.8. The number of benzene rings is 1. The highest BCUT2D eigenvalue weighted by atomic mass is 16.5. The number of aliphatic carboxylic acids is 1. The van der Waals surface area contributed by atoms with Gasteiger partial charge in [0.1, 0.15) is 0 Å². The Morgan fingerprint density at radius 1 is 1.28 bits per heavy atom. The van der Waals surface area contributed by atoms with Gasteiger partial charge in [0, 0.05) is 38.0 Å². The van der Waals surface area contributed by atoms with Crippen molar-refractivity contribution in [1.29, 1.82) is 0 Å². The van der Waals surface area contributed by atoms with E-state index in [2.05, 4.69) is 5.10 Å². The van der Waals surface area contributed by atoms with E-state index in [1.54, 1.807) is 40.2 Å². The summed E-state index contributed by atoms with van der Waals surface area (Å²) in [5.41, 5.74) is 0.313. The maximum Gasteiger partial charge on any atom is 0.311 e. The van der Waals surface area contributed by atoms with Gasteiger partial charge in [-0.2, -0.15) is 5.10 Å². The number of hydrogen-bond donors (Lipinski definition) is 1. The van der Waals surface area contributed by atoms with E-state index in [1.165, 1.54) is 0 Å². The molecule has 4 rings (SSSR count). The number of likely N-dealkylation sites (tertiary alicyclic amines) is 1. The highest BCUT2D eigenvalue weighted by Gasteiger charge is 2.55. The van der Waals surface area contributed by atoms with E-state index in [4.69, 9.17) is 4.74 Å². The van der Waals surface area contributed by atoms with Crippen LogP contribution in [0.1, 0.15) is 16.8 Å². The summed E-state index contributed by atoms with van der Waals surface area (Å²) in [5, 5.41) is 14.0. The monoisotopic (exact) mass is 341 g/mol. The third-order valence-corrected chi connectivity index (χ3v) is 5.31. The van der Waals surface area contributed by atoms with E-state index >= 15 is 0 Å². The fourth-order valence-electron chi connectivity index (χ4n) is 3.89. The van der Waals surface area contributed by atoms with Crippen LogP contribution in [0.25, 0.3) is 5.69 Å². The number of amides is 1. The third-order valence-electron chi connectivity index (χ3n) is 5.31. The lowest BCUT2D eigenvalue weighted by atomic mass is 9.74. The van der Waals surface area contributed by atoms with Crippen molar-refractivity contribution in [2.24, 2.45) is 11.3 Å². The van der Waals surface area contributed by atoms with Gasteiger partial charge in [-0.3, -0.25) is 9.59 Å². The molecule has 1 aromatic carbocycles. The Kier molecular flexibility index (Phi) is 3.80. The molecule has 0 saturated carbocycles. The highest BCUT2D eigenvalue weighted by Crippen LogP contribution is 2.43. The molecule has 0 unspecified atom stereocenters. The van der Waals surface area contributed by atoms with Crippen LogP contribution in [0.5, 0.6) is 0 Å². The summed E-state index contributed by atoms with van der Waals surface area (Å²) in [5.74, 6) is -1.17. The van der Waals surface area contributed by atoms with Crippen LogP contribution in [0.3, 0.4) is 0 Å². The summed E-state index contributed by atoms with van der Waals surface area (Å²) in [6, 6.07) is 9.04. The number of carbonyl (C=O) groups is 2. The second kappa shape index (κ2) is 6.00. The Bertz CT molecular complexity index is 804. The van der Waals surface area contributed by atoms with Gasteiger partial charge in [0.25, 0.3) is 5.91 Å². The van der Waals surface area contributed by atoms with Gasteiger partial charge in [-0.1, -0.05) is 12.1 Å². The minimum absolute atomic E-state index is 0.166. The first-order valence-corrected chi connectivity index (χ1v) is 8.31. The van der Waals surface area contributed by atoms with Gasteiger partial charge >= 0.3 is 5.97 Å². The molecule has 25 heavy (non-hydrogen) atoms. The lowest BCUT2D eigenvalue weighted by Gasteiger charge is -2.33. The minimum Gasteiger partial charge on any atom is -0.481 e. The van der Waals surface area contributed by atoms with Crippen LogP contribution < -0.4 is 0 Å². The van der Waals surface area contributed by atoms with Crippen molar-refractivity contribution in [2.45, 2.75) is 6.42 Å². The number of nitrogens with zero attached hydrogens (tertiary/aromatic N) is 3. The fraction of sp³-hybridized carbons (Fsp3) is 0.389. The van der Waals surface area contributed by atoms with Gasteiger partial charge in [0.2, 0.25) is 0 Å². The molecule has 1 N–H and O–H groups in total. The molecule has 2 aromatic rings. The van der Waals surface area contributed by atoms with Gasteiger partial charge in [0.05, 0.1) is 23.3 Å². The number of ether oxygens (including phenoxy) is 1. The average molecular weight is 341 g/mol. The molecular formula is C18H19N3O4. The van der Waals surface area contributed by atoms with Crippen LogP contribution in [-0.4, -0.2) is 58.0 Å². The largest absolute Gasteiger partial charge is 0.481 e. The predicted octanol–water partition coefficient (Wildman–Crippen LogP) is 1.44. The van der Waals surface area contributed by atoms with Gasteiger partial charge < -0.3 is 14.7 Å². The quantitative estimate of drug-likeness (QED) is 0.913. The van der Waals surface area contributed by atoms with Crippen molar-refractivity contribution in [1.82, 2.24) is 14.7 Å². The molecule has 130 valence electrons. The molecule has 2 atom stereocenters. The van der Waals surface area contributed by atoms with Gasteiger partial charge in [-0.25, -0.2) is 4.68 Å². The molecule has 7 nitrogen and oxygen atoms in total. The normalized spacial score (nSPS) is 25.6. The van der Waals surface area contributed by atoms with E-state index < -0.39 is 11.4 Å². The summed E-state index contributed by atoms with van der Waals surface area (Å²) in [4.78, 5) is 26.7. The molecule has 0 bridgehead atoms. The number of aromatic nitrogens is 2. The van der Waals surface area contributed by atoms with Crippen LogP contribution in [0, 0.1) is 11.3 Å². The number of carbonyl (C=O) groups excluding carboxylic acids is 1. The molecule has 1 aromatic heterocycles. The Labute approximate surface area is 144 Å². The van der Waals surface area contributed by atoms with E-state index in [0.717, 1.165) is 0 Å². The topological polar surface area (TPSA) is 84.7 Å². The summed E-state index contributed by atoms with van der Waals surface area (Å²) in [6.07, 6.45) is 3.88. The number of fused-ring (bicyclic) bond motifs is 1. The Morgan fingerprint density at radius 3 is 2.84 bits per heavy atom. The standard InChI is InChI=1S/C18H19N3O4/c22-16(14-4-1-2-5-15(14)21-8-3-7-19-21)20-10-13-11-25-9-6-18(13,12-20)17(23)24/h1-5,7-8,13H,6,9-12H2,(H,23,24)/t13-,18+/m0/s1. The van der Waals surface area contributed by atoms with Gasteiger partial charge in [-0.05, 0) is 24.6 Å². The van der Waals surface area contributed by atoms with Crippen LogP contribution in [0.15, 0.2) is 42.7 Å². The number of hydrogen-bond acceptors (Lipinski definition) is 4. The average Bonchev–Trinajstić information content (AvgIpc) is 3.29. The molecule has 2 fully saturated rings. The summed E-state index contributed by atoms with van der Waals surface area (Å²) >= 11 is 0. The zero-order chi connectivity index (χ0) is 17.4. The lowest BCUT2D eigenvalue weighted by molar-refractivity contribution is -0.157. The molecule has 2 aliphatic heterocycles. The van der Waals surface area contributed by atoms with Crippen LogP contribution in [0.4, 0.5) is 0 Å². The van der Waals surface area contributed by atoms with E-state index in [9.17, 15) is 14.7 Å². The SMILES string of the molecule is O=C(c1ccccc1-n1cccn1)N1C[C@H]2COCC[C@@]2(C(=O)O)C1. The molecular weight excluding hydrogens is 322 g/mol. The molecule has 7 heteroatoms. The lowest BCUT2D eigenvalue weighted by Crippen LogP contribution is -2.45. The van der Waals surface area contributed by atoms with Gasteiger partial charge in [0.15, 0.2) is 0 Å². The van der Waals surface area contributed by atoms with E-state index in [-0.39, 0.29) is 18.4 Å². The zero-order valence-electron chi connectivity index (χ0n) is 13.7. The maximum atomic E-state index is 13.1. The Morgan fingerprint density at radius 2 is 2.12 bits per heavy atom. The summed E-state index contributed by atoms with van der Waals surface area (Å²) in [7, 11) is 0. The van der Waals surface area contributed by atoms with Crippen LogP contribution >= 0.6 is 0 Å². The van der Waals surface area contributed by atoms with Crippen molar-refractivity contribution in [3.63, 3.8) is 0 Å². The maximum absolute atomic E-state index is 13.1. The van der Waals surface area contributed by atoms with E-state index in [0.29, 0.717) is 37.4 Å². The Hall–Kier alpha value is -2.67. The van der Waals surface area contributed by atoms with Crippen molar-refractivity contribution >= 4 is 11.9 Å². The van der Waals surface area contributed by atoms with Crippen molar-refractivity contribution < 1.29 is 19.4 Å². The zero-order valence-corrected chi connectivity index (χ0v) is 13.7. The van der Waals surface area contributed by atoms with Crippen molar-refractivity contribution in [3.05, 3.63) is 48.3 Å². The van der Waals surface area contributed by atoms with Crippen LogP contribution in [-0.2, 0) is 9.53 Å². The molecule has 2 aliphatic rings. The van der Waals surface area contributed by atoms with E-state index in [1.807, 2.05) is 12.1 Å². The second-order valence-corrected chi connectivity index (χ2v) is 6.64. The smallest absolute Gasteiger partial charge is 0.311 e. The summed E-state index contributed by atoms with van der Waals surface area (Å²) < 4.78 is 7.10. The van der Waals surface area contributed by atoms with Crippen molar-refractivity contribution in [3.8, 4) is 5.69 Å². The molecule has 3 heterocycles. The Balaban J connectivity index is 1.66. The molecule has 0 spiro atoms. The predicted molar refractivity (Wildman–Crippen MR) is 88.5 cm³/mol. The summed E-state index contributed by atoms with van der Waals surface area (Å²) in [6.45, 7) is 1.44. The molecule has 1 amide bonds. The minimum atomic E-state index is -0.894. The second-order valence-electron chi connectivity index (χ2n) is 6.64. The van der Waals surface area contributed by atoms with Gasteiger partial charge in [-0.15, -0.1) is 0 Å². The third kappa shape index (κ3) is 2.51. The number of carboxylic acids is 1.